The van der Waals surface area contributed by atoms with E-state index in [1.807, 2.05) is 0 Å². The summed E-state index contributed by atoms with van der Waals surface area (Å²) in [4.78, 5) is 11.1. The Labute approximate surface area is 75.5 Å². The molecule has 68 valence electrons. The fourth-order valence-corrected chi connectivity index (χ4v) is 1.60. The zero-order chi connectivity index (χ0) is 7.84. The van der Waals surface area contributed by atoms with Crippen molar-refractivity contribution in [2.45, 2.75) is 25.3 Å². The molecule has 0 fully saturated rings. The number of halogens is 1. The van der Waals surface area contributed by atoms with Crippen LogP contribution in [0.3, 0.4) is 0 Å². The Morgan fingerprint density at radius 2 is 2.33 bits per heavy atom. The van der Waals surface area contributed by atoms with Gasteiger partial charge in [0.25, 0.3) is 5.56 Å². The van der Waals surface area contributed by atoms with Gasteiger partial charge in [0, 0.05) is 12.8 Å². The number of hydrogen-bond donors (Lipinski definition) is 2. The predicted molar refractivity (Wildman–Crippen MR) is 37.9 cm³/mol. The van der Waals surface area contributed by atoms with E-state index in [0.717, 1.165) is 30.6 Å². The number of fused-ring (bicyclic) bond motifs is 1. The Bertz CT molecular complexity index is 317. The van der Waals surface area contributed by atoms with Crippen LogP contribution in [0.5, 0.6) is 0 Å². The summed E-state index contributed by atoms with van der Waals surface area (Å²) in [6.07, 6.45) is 2.94. The molecule has 0 aromatic carbocycles. The van der Waals surface area contributed by atoms with Crippen molar-refractivity contribution in [3.8, 4) is 0 Å². The van der Waals surface area contributed by atoms with Crippen molar-refractivity contribution in [2.75, 3.05) is 0 Å². The molecule has 0 spiro atoms. The second-order valence-corrected chi connectivity index (χ2v) is 2.96. The van der Waals surface area contributed by atoms with E-state index in [9.17, 15) is 4.79 Å². The first-order valence-electron chi connectivity index (χ1n) is 3.82. The fourth-order valence-electron chi connectivity index (χ4n) is 1.60. The van der Waals surface area contributed by atoms with Gasteiger partial charge in [0.05, 0.1) is 0 Å². The van der Waals surface area contributed by atoms with Gasteiger partial charge in [-0.3, -0.25) is 4.79 Å². The number of aryl methyl sites for hydroxylation is 1. The Kier molecular flexibility index (Phi) is 2.59. The minimum atomic E-state index is -0.0975. The molecule has 0 saturated carbocycles. The van der Waals surface area contributed by atoms with Gasteiger partial charge in [-0.2, -0.15) is 5.16 Å². The SMILES string of the molecule is [Cl-].[NH3+][C@H]1CCCc2o[nH]c(=O)c21. The fraction of sp³-hybridized carbons (Fsp3) is 0.571. The van der Waals surface area contributed by atoms with Gasteiger partial charge in [-0.15, -0.1) is 0 Å². The van der Waals surface area contributed by atoms with E-state index >= 15 is 0 Å². The monoisotopic (exact) mass is 190 g/mol. The topological polar surface area (TPSA) is 73.6 Å². The van der Waals surface area contributed by atoms with E-state index in [4.69, 9.17) is 4.52 Å². The number of aromatic nitrogens is 1. The van der Waals surface area contributed by atoms with E-state index in [-0.39, 0.29) is 24.0 Å². The maximum absolute atomic E-state index is 11.1. The number of rotatable bonds is 0. The average molecular weight is 191 g/mol. The Hall–Kier alpha value is -0.740. The van der Waals surface area contributed by atoms with Crippen molar-refractivity contribution in [2.24, 2.45) is 0 Å². The van der Waals surface area contributed by atoms with Gasteiger partial charge in [0.15, 0.2) is 0 Å². The standard InChI is InChI=1S/C7H10N2O2.ClH/c8-4-2-1-3-5-6(4)7(10)9-11-5;/h4H,1-3,8H2,(H,9,10);1H/t4-;/m0./s1. The third kappa shape index (κ3) is 1.28. The van der Waals surface area contributed by atoms with Crippen molar-refractivity contribution in [3.05, 3.63) is 21.7 Å². The summed E-state index contributed by atoms with van der Waals surface area (Å²) in [5.41, 5.74) is 4.55. The molecule has 0 unspecified atom stereocenters. The van der Waals surface area contributed by atoms with Crippen LogP contribution in [0.15, 0.2) is 9.32 Å². The molecule has 0 radical (unpaired) electrons. The van der Waals surface area contributed by atoms with Gasteiger partial charge in [-0.1, -0.05) is 0 Å². The first-order chi connectivity index (χ1) is 5.29. The van der Waals surface area contributed by atoms with Gasteiger partial charge in [-0.05, 0) is 6.42 Å². The molecule has 0 bridgehead atoms. The molecule has 1 aliphatic carbocycles. The molecule has 1 atom stereocenters. The highest BCUT2D eigenvalue weighted by molar-refractivity contribution is 5.18. The first kappa shape index (κ1) is 9.35. The molecule has 0 aliphatic heterocycles. The molecular weight excluding hydrogens is 180 g/mol. The minimum absolute atomic E-state index is 0. The van der Waals surface area contributed by atoms with Crippen molar-refractivity contribution in [1.82, 2.24) is 5.16 Å². The molecule has 4 nitrogen and oxygen atoms in total. The highest BCUT2D eigenvalue weighted by atomic mass is 35.5. The molecule has 1 aromatic heterocycles. The average Bonchev–Trinajstić information content (AvgIpc) is 2.34. The summed E-state index contributed by atoms with van der Waals surface area (Å²) in [6, 6.07) is 0.126. The van der Waals surface area contributed by atoms with E-state index in [1.54, 1.807) is 0 Å². The van der Waals surface area contributed by atoms with Crippen molar-refractivity contribution in [1.29, 1.82) is 0 Å². The summed E-state index contributed by atoms with van der Waals surface area (Å²) in [5.74, 6) is 0.807. The van der Waals surface area contributed by atoms with Gasteiger partial charge < -0.3 is 22.7 Å². The van der Waals surface area contributed by atoms with Gasteiger partial charge >= 0.3 is 0 Å². The number of quaternary nitrogens is 1. The summed E-state index contributed by atoms with van der Waals surface area (Å²) in [5, 5.41) is 2.34. The molecule has 5 heteroatoms. The molecule has 4 N–H and O–H groups in total. The summed E-state index contributed by atoms with van der Waals surface area (Å²) in [7, 11) is 0. The second-order valence-electron chi connectivity index (χ2n) is 2.96. The lowest BCUT2D eigenvalue weighted by Crippen LogP contribution is -3.00. The molecule has 0 saturated heterocycles. The lowest BCUT2D eigenvalue weighted by Gasteiger charge is -2.11. The van der Waals surface area contributed by atoms with E-state index in [0.29, 0.717) is 0 Å². The van der Waals surface area contributed by atoms with Crippen LogP contribution in [-0.2, 0) is 6.42 Å². The molecule has 0 amide bonds. The van der Waals surface area contributed by atoms with Crippen LogP contribution in [0, 0.1) is 0 Å². The van der Waals surface area contributed by atoms with Crippen LogP contribution in [0.2, 0.25) is 0 Å². The van der Waals surface area contributed by atoms with Crippen molar-refractivity contribution >= 4 is 0 Å². The zero-order valence-electron chi connectivity index (χ0n) is 6.60. The minimum Gasteiger partial charge on any atom is -1.00 e. The van der Waals surface area contributed by atoms with E-state index in [2.05, 4.69) is 10.9 Å². The zero-order valence-corrected chi connectivity index (χ0v) is 7.36. The predicted octanol–water partition coefficient (Wildman–Crippen LogP) is -3.41. The Morgan fingerprint density at radius 3 is 3.00 bits per heavy atom. The first-order valence-corrected chi connectivity index (χ1v) is 3.82. The van der Waals surface area contributed by atoms with Crippen LogP contribution < -0.4 is 23.7 Å². The van der Waals surface area contributed by atoms with Crippen LogP contribution in [0.1, 0.15) is 30.2 Å². The number of hydrogen-bond acceptors (Lipinski definition) is 2. The third-order valence-corrected chi connectivity index (χ3v) is 2.18. The molecule has 1 aromatic rings. The Morgan fingerprint density at radius 1 is 1.58 bits per heavy atom. The smallest absolute Gasteiger partial charge is 0.289 e. The maximum Gasteiger partial charge on any atom is 0.289 e. The normalized spacial score (nSPS) is 21.2. The molecule has 1 heterocycles. The highest BCUT2D eigenvalue weighted by Gasteiger charge is 2.26. The summed E-state index contributed by atoms with van der Waals surface area (Å²) < 4.78 is 4.98. The van der Waals surface area contributed by atoms with Crippen LogP contribution >= 0.6 is 0 Å². The number of nitrogens with one attached hydrogen (secondary N) is 1. The lowest BCUT2D eigenvalue weighted by atomic mass is 9.94. The molecule has 12 heavy (non-hydrogen) atoms. The maximum atomic E-state index is 11.1. The third-order valence-electron chi connectivity index (χ3n) is 2.18. The molecular formula is C7H11ClN2O2. The van der Waals surface area contributed by atoms with Crippen LogP contribution in [0.4, 0.5) is 0 Å². The van der Waals surface area contributed by atoms with Crippen molar-refractivity contribution < 1.29 is 22.7 Å². The quantitative estimate of drug-likeness (QED) is 0.448. The molecule has 1 aliphatic rings. The molecule has 2 rings (SSSR count). The summed E-state index contributed by atoms with van der Waals surface area (Å²) in [6.45, 7) is 0. The second kappa shape index (κ2) is 3.33. The van der Waals surface area contributed by atoms with Crippen LogP contribution in [-0.4, -0.2) is 5.16 Å². The van der Waals surface area contributed by atoms with E-state index in [1.165, 1.54) is 0 Å². The van der Waals surface area contributed by atoms with Gasteiger partial charge in [0.2, 0.25) is 0 Å². The number of H-pyrrole nitrogens is 1. The van der Waals surface area contributed by atoms with Gasteiger partial charge in [-0.25, -0.2) is 0 Å². The van der Waals surface area contributed by atoms with Gasteiger partial charge in [0.1, 0.15) is 17.4 Å². The summed E-state index contributed by atoms with van der Waals surface area (Å²) >= 11 is 0. The van der Waals surface area contributed by atoms with E-state index < -0.39 is 0 Å². The highest BCUT2D eigenvalue weighted by Crippen LogP contribution is 2.22. The van der Waals surface area contributed by atoms with Crippen molar-refractivity contribution in [3.63, 3.8) is 0 Å². The Balaban J connectivity index is 0.000000720. The largest absolute Gasteiger partial charge is 1.00 e. The van der Waals surface area contributed by atoms with Crippen LogP contribution in [0.25, 0.3) is 0 Å². The lowest BCUT2D eigenvalue weighted by molar-refractivity contribution is -0.429. The number of aromatic amines is 1.